The SMILES string of the molecule is CC[C@H](C)NC(=O)NC(=O)COC(=O)/C(=C/c1ccccc1)NC(C)=O. The van der Waals surface area contributed by atoms with E-state index < -0.39 is 30.4 Å². The predicted octanol–water partition coefficient (Wildman–Crippen LogP) is 1.33. The Bertz CT molecular complexity index is 685. The van der Waals surface area contributed by atoms with Gasteiger partial charge in [0.2, 0.25) is 5.91 Å². The number of imide groups is 1. The first kappa shape index (κ1) is 20.9. The highest BCUT2D eigenvalue weighted by Crippen LogP contribution is 2.06. The fourth-order valence-electron chi connectivity index (χ4n) is 1.79. The number of urea groups is 1. The lowest BCUT2D eigenvalue weighted by molar-refractivity contribution is -0.145. The molecule has 0 aliphatic rings. The molecule has 8 nitrogen and oxygen atoms in total. The molecule has 0 heterocycles. The molecule has 1 atom stereocenters. The second-order valence-electron chi connectivity index (χ2n) is 5.56. The van der Waals surface area contributed by atoms with Crippen LogP contribution in [0.1, 0.15) is 32.8 Å². The summed E-state index contributed by atoms with van der Waals surface area (Å²) in [4.78, 5) is 46.6. The van der Waals surface area contributed by atoms with E-state index in [0.717, 1.165) is 0 Å². The first-order chi connectivity index (χ1) is 12.3. The van der Waals surface area contributed by atoms with E-state index in [1.165, 1.54) is 13.0 Å². The molecule has 1 rings (SSSR count). The van der Waals surface area contributed by atoms with Crippen molar-refractivity contribution >= 4 is 29.9 Å². The maximum absolute atomic E-state index is 12.1. The Balaban J connectivity index is 2.64. The van der Waals surface area contributed by atoms with Gasteiger partial charge in [-0.15, -0.1) is 0 Å². The molecule has 26 heavy (non-hydrogen) atoms. The fraction of sp³-hybridized carbons (Fsp3) is 0.333. The van der Waals surface area contributed by atoms with Gasteiger partial charge in [-0.25, -0.2) is 9.59 Å². The van der Waals surface area contributed by atoms with E-state index in [4.69, 9.17) is 4.74 Å². The lowest BCUT2D eigenvalue weighted by Crippen LogP contribution is -2.44. The summed E-state index contributed by atoms with van der Waals surface area (Å²) in [6, 6.07) is 8.07. The van der Waals surface area contributed by atoms with E-state index in [1.54, 1.807) is 31.2 Å². The molecule has 140 valence electrons. The molecule has 3 N–H and O–H groups in total. The molecule has 0 spiro atoms. The monoisotopic (exact) mass is 361 g/mol. The molecule has 0 unspecified atom stereocenters. The molecular weight excluding hydrogens is 338 g/mol. The van der Waals surface area contributed by atoms with Crippen LogP contribution in [0.2, 0.25) is 0 Å². The van der Waals surface area contributed by atoms with Crippen molar-refractivity contribution < 1.29 is 23.9 Å². The summed E-state index contributed by atoms with van der Waals surface area (Å²) in [5.74, 6) is -2.12. The number of hydrogen-bond acceptors (Lipinski definition) is 5. The molecule has 1 aromatic carbocycles. The van der Waals surface area contributed by atoms with Crippen molar-refractivity contribution in [2.24, 2.45) is 0 Å². The normalized spacial score (nSPS) is 11.9. The van der Waals surface area contributed by atoms with Crippen molar-refractivity contribution in [3.05, 3.63) is 41.6 Å². The van der Waals surface area contributed by atoms with Gasteiger partial charge in [0.25, 0.3) is 5.91 Å². The third kappa shape index (κ3) is 8.09. The van der Waals surface area contributed by atoms with Gasteiger partial charge < -0.3 is 15.4 Å². The van der Waals surface area contributed by atoms with Gasteiger partial charge >= 0.3 is 12.0 Å². The minimum Gasteiger partial charge on any atom is -0.451 e. The minimum atomic E-state index is -0.887. The van der Waals surface area contributed by atoms with Crippen LogP contribution in [0.15, 0.2) is 36.0 Å². The van der Waals surface area contributed by atoms with E-state index in [0.29, 0.717) is 12.0 Å². The number of carbonyl (C=O) groups excluding carboxylic acids is 4. The first-order valence-corrected chi connectivity index (χ1v) is 8.13. The number of ether oxygens (including phenoxy) is 1. The van der Waals surface area contributed by atoms with Crippen LogP contribution in [-0.2, 0) is 19.1 Å². The quantitative estimate of drug-likeness (QED) is 0.501. The lowest BCUT2D eigenvalue weighted by atomic mass is 10.2. The highest BCUT2D eigenvalue weighted by atomic mass is 16.5. The highest BCUT2D eigenvalue weighted by molar-refractivity contribution is 6.00. The van der Waals surface area contributed by atoms with Gasteiger partial charge in [-0.1, -0.05) is 37.3 Å². The van der Waals surface area contributed by atoms with E-state index in [2.05, 4.69) is 16.0 Å². The van der Waals surface area contributed by atoms with Gasteiger partial charge in [-0.05, 0) is 25.0 Å². The molecule has 0 bridgehead atoms. The van der Waals surface area contributed by atoms with E-state index in [1.807, 2.05) is 13.0 Å². The maximum atomic E-state index is 12.1. The van der Waals surface area contributed by atoms with Crippen molar-refractivity contribution in [2.45, 2.75) is 33.2 Å². The summed E-state index contributed by atoms with van der Waals surface area (Å²) in [5.41, 5.74) is 0.561. The third-order valence-electron chi connectivity index (χ3n) is 3.22. The summed E-state index contributed by atoms with van der Waals surface area (Å²) in [7, 11) is 0. The zero-order chi connectivity index (χ0) is 19.5. The molecule has 0 radical (unpaired) electrons. The number of benzene rings is 1. The number of carbonyl (C=O) groups is 4. The topological polar surface area (TPSA) is 114 Å². The summed E-state index contributed by atoms with van der Waals surface area (Å²) in [5, 5.41) is 6.97. The molecule has 4 amide bonds. The summed E-state index contributed by atoms with van der Waals surface area (Å²) in [6.07, 6.45) is 2.14. The Morgan fingerprint density at radius 2 is 1.77 bits per heavy atom. The van der Waals surface area contributed by atoms with Gasteiger partial charge in [0.1, 0.15) is 5.70 Å². The average Bonchev–Trinajstić information content (AvgIpc) is 2.59. The van der Waals surface area contributed by atoms with Crippen LogP contribution in [0.5, 0.6) is 0 Å². The number of hydrogen-bond donors (Lipinski definition) is 3. The second kappa shape index (κ2) is 10.7. The number of amides is 4. The van der Waals surface area contributed by atoms with Gasteiger partial charge in [-0.3, -0.25) is 14.9 Å². The Hall–Kier alpha value is -3.16. The predicted molar refractivity (Wildman–Crippen MR) is 95.6 cm³/mol. The van der Waals surface area contributed by atoms with Gasteiger partial charge in [0.15, 0.2) is 6.61 Å². The highest BCUT2D eigenvalue weighted by Gasteiger charge is 2.16. The molecule has 0 aliphatic carbocycles. The van der Waals surface area contributed by atoms with Crippen LogP contribution in [0, 0.1) is 0 Å². The van der Waals surface area contributed by atoms with Crippen LogP contribution < -0.4 is 16.0 Å². The smallest absolute Gasteiger partial charge is 0.355 e. The van der Waals surface area contributed by atoms with Crippen LogP contribution in [0.3, 0.4) is 0 Å². The molecule has 0 saturated heterocycles. The molecule has 1 aromatic rings. The molecule has 0 aromatic heterocycles. The van der Waals surface area contributed by atoms with Crippen molar-refractivity contribution in [3.8, 4) is 0 Å². The van der Waals surface area contributed by atoms with E-state index >= 15 is 0 Å². The Morgan fingerprint density at radius 1 is 1.12 bits per heavy atom. The zero-order valence-electron chi connectivity index (χ0n) is 15.0. The molecule has 8 heteroatoms. The minimum absolute atomic E-state index is 0.0921. The Labute approximate surface area is 152 Å². The second-order valence-corrected chi connectivity index (χ2v) is 5.56. The molecular formula is C18H23N3O5. The van der Waals surface area contributed by atoms with Crippen molar-refractivity contribution in [3.63, 3.8) is 0 Å². The fourth-order valence-corrected chi connectivity index (χ4v) is 1.79. The molecule has 0 aliphatic heterocycles. The van der Waals surface area contributed by atoms with E-state index in [-0.39, 0.29) is 11.7 Å². The standard InChI is InChI=1S/C18H23N3O5/c1-4-12(2)19-18(25)21-16(23)11-26-17(24)15(20-13(3)22)10-14-8-6-5-7-9-14/h5-10,12H,4,11H2,1-3H3,(H,20,22)(H2,19,21,23,25)/b15-10-/t12-/m0/s1. The van der Waals surface area contributed by atoms with Crippen LogP contribution in [-0.4, -0.2) is 36.5 Å². The largest absolute Gasteiger partial charge is 0.451 e. The Kier molecular flexibility index (Phi) is 8.56. The summed E-state index contributed by atoms with van der Waals surface area (Å²) in [6.45, 7) is 4.27. The first-order valence-electron chi connectivity index (χ1n) is 8.13. The lowest BCUT2D eigenvalue weighted by Gasteiger charge is -2.12. The molecule has 0 saturated carbocycles. The van der Waals surface area contributed by atoms with Crippen LogP contribution in [0.4, 0.5) is 4.79 Å². The third-order valence-corrected chi connectivity index (χ3v) is 3.22. The summed E-state index contributed by atoms with van der Waals surface area (Å²) < 4.78 is 4.86. The number of rotatable bonds is 7. The summed E-state index contributed by atoms with van der Waals surface area (Å²) >= 11 is 0. The number of nitrogens with one attached hydrogen (secondary N) is 3. The van der Waals surface area contributed by atoms with Gasteiger partial charge in [0.05, 0.1) is 0 Å². The Morgan fingerprint density at radius 3 is 2.35 bits per heavy atom. The average molecular weight is 361 g/mol. The van der Waals surface area contributed by atoms with Crippen molar-refractivity contribution in [1.82, 2.24) is 16.0 Å². The van der Waals surface area contributed by atoms with Gasteiger partial charge in [-0.2, -0.15) is 0 Å². The zero-order valence-corrected chi connectivity index (χ0v) is 15.0. The number of esters is 1. The maximum Gasteiger partial charge on any atom is 0.355 e. The van der Waals surface area contributed by atoms with Crippen LogP contribution >= 0.6 is 0 Å². The van der Waals surface area contributed by atoms with E-state index in [9.17, 15) is 19.2 Å². The molecule has 0 fully saturated rings. The van der Waals surface area contributed by atoms with Crippen molar-refractivity contribution in [1.29, 1.82) is 0 Å². The van der Waals surface area contributed by atoms with Crippen molar-refractivity contribution in [2.75, 3.05) is 6.61 Å². The van der Waals surface area contributed by atoms with Gasteiger partial charge in [0, 0.05) is 13.0 Å². The van der Waals surface area contributed by atoms with Crippen LogP contribution in [0.25, 0.3) is 6.08 Å².